The number of urea groups is 1. The zero-order valence-corrected chi connectivity index (χ0v) is 10.9. The molecule has 2 rings (SSSR count). The van der Waals surface area contributed by atoms with E-state index in [-0.39, 0.29) is 18.7 Å². The highest BCUT2D eigenvalue weighted by Crippen LogP contribution is 2.17. The Kier molecular flexibility index (Phi) is 4.06. The fourth-order valence-corrected chi connectivity index (χ4v) is 2.34. The number of furan rings is 1. The van der Waals surface area contributed by atoms with Crippen molar-refractivity contribution in [3.05, 3.63) is 22.6 Å². The second kappa shape index (κ2) is 5.55. The molecular weight excluding hydrogens is 288 g/mol. The van der Waals surface area contributed by atoms with Gasteiger partial charge in [0, 0.05) is 6.54 Å². The average molecular weight is 303 g/mol. The van der Waals surface area contributed by atoms with Crippen LogP contribution in [0.2, 0.25) is 0 Å². The third-order valence-electron chi connectivity index (χ3n) is 2.89. The maximum absolute atomic E-state index is 11.8. The first-order valence-electron chi connectivity index (χ1n) is 5.60. The zero-order chi connectivity index (χ0) is 12.3. The topological polar surface area (TPSA) is 65.7 Å². The van der Waals surface area contributed by atoms with Gasteiger partial charge in [0.25, 0.3) is 0 Å². The van der Waals surface area contributed by atoms with Crippen LogP contribution < -0.4 is 5.32 Å². The van der Waals surface area contributed by atoms with E-state index in [1.54, 1.807) is 17.0 Å². The molecule has 0 saturated carbocycles. The van der Waals surface area contributed by atoms with Crippen molar-refractivity contribution in [2.75, 3.05) is 13.2 Å². The second-order valence-corrected chi connectivity index (χ2v) is 4.82. The summed E-state index contributed by atoms with van der Waals surface area (Å²) in [4.78, 5) is 13.5. The van der Waals surface area contributed by atoms with Gasteiger partial charge in [0.1, 0.15) is 5.76 Å². The molecular formula is C11H15BrN2O3. The summed E-state index contributed by atoms with van der Waals surface area (Å²) in [7, 11) is 0. The van der Waals surface area contributed by atoms with Crippen molar-refractivity contribution in [3.63, 3.8) is 0 Å². The van der Waals surface area contributed by atoms with Crippen molar-refractivity contribution in [1.29, 1.82) is 0 Å². The van der Waals surface area contributed by atoms with E-state index in [4.69, 9.17) is 9.52 Å². The average Bonchev–Trinajstić information content (AvgIpc) is 2.94. The van der Waals surface area contributed by atoms with E-state index >= 15 is 0 Å². The Morgan fingerprint density at radius 1 is 1.65 bits per heavy atom. The number of amides is 2. The van der Waals surface area contributed by atoms with E-state index in [0.29, 0.717) is 23.5 Å². The van der Waals surface area contributed by atoms with Crippen molar-refractivity contribution in [1.82, 2.24) is 10.2 Å². The first-order chi connectivity index (χ1) is 8.20. The molecule has 0 bridgehead atoms. The van der Waals surface area contributed by atoms with E-state index in [2.05, 4.69) is 21.2 Å². The largest absolute Gasteiger partial charge is 0.452 e. The number of aliphatic hydroxyl groups excluding tert-OH is 1. The van der Waals surface area contributed by atoms with Crippen LogP contribution in [0.1, 0.15) is 18.6 Å². The summed E-state index contributed by atoms with van der Waals surface area (Å²) in [5.74, 6) is 0.699. The first kappa shape index (κ1) is 12.4. The molecule has 5 nitrogen and oxygen atoms in total. The highest BCUT2D eigenvalue weighted by molar-refractivity contribution is 9.10. The lowest BCUT2D eigenvalue weighted by Gasteiger charge is -2.22. The van der Waals surface area contributed by atoms with E-state index < -0.39 is 0 Å². The van der Waals surface area contributed by atoms with Crippen molar-refractivity contribution in [2.24, 2.45) is 0 Å². The molecule has 0 aromatic carbocycles. The number of nitrogens with zero attached hydrogens (tertiary/aromatic N) is 1. The van der Waals surface area contributed by atoms with Gasteiger partial charge in [-0.2, -0.15) is 0 Å². The summed E-state index contributed by atoms with van der Waals surface area (Å²) in [5.41, 5.74) is 0. The van der Waals surface area contributed by atoms with Gasteiger partial charge < -0.3 is 19.7 Å². The van der Waals surface area contributed by atoms with E-state index in [0.717, 1.165) is 12.8 Å². The molecule has 1 aliphatic rings. The molecule has 1 atom stereocenters. The van der Waals surface area contributed by atoms with Gasteiger partial charge >= 0.3 is 6.03 Å². The Hall–Kier alpha value is -1.01. The van der Waals surface area contributed by atoms with Gasteiger partial charge in [-0.25, -0.2) is 4.79 Å². The minimum Gasteiger partial charge on any atom is -0.452 e. The number of halogens is 1. The summed E-state index contributed by atoms with van der Waals surface area (Å²) in [5, 5.41) is 11.9. The monoisotopic (exact) mass is 302 g/mol. The lowest BCUT2D eigenvalue weighted by molar-refractivity contribution is 0.156. The molecule has 1 saturated heterocycles. The van der Waals surface area contributed by atoms with Gasteiger partial charge in [-0.1, -0.05) is 0 Å². The Morgan fingerprint density at radius 3 is 3.12 bits per heavy atom. The third kappa shape index (κ3) is 3.01. The number of carbonyl (C=O) groups is 1. The van der Waals surface area contributed by atoms with Crippen LogP contribution in [0, 0.1) is 0 Å². The molecule has 1 fully saturated rings. The van der Waals surface area contributed by atoms with Crippen LogP contribution in [0.5, 0.6) is 0 Å². The van der Waals surface area contributed by atoms with Crippen LogP contribution in [0.3, 0.4) is 0 Å². The van der Waals surface area contributed by atoms with Crippen molar-refractivity contribution in [2.45, 2.75) is 25.4 Å². The smallest absolute Gasteiger partial charge is 0.318 e. The zero-order valence-electron chi connectivity index (χ0n) is 9.36. The number of hydrogen-bond acceptors (Lipinski definition) is 3. The van der Waals surface area contributed by atoms with Crippen molar-refractivity contribution >= 4 is 22.0 Å². The molecule has 0 spiro atoms. The summed E-state index contributed by atoms with van der Waals surface area (Å²) in [6.07, 6.45) is 1.82. The molecule has 0 radical (unpaired) electrons. The number of nitrogens with one attached hydrogen (secondary N) is 1. The van der Waals surface area contributed by atoms with Crippen LogP contribution in [-0.2, 0) is 6.54 Å². The van der Waals surface area contributed by atoms with Crippen molar-refractivity contribution < 1.29 is 14.3 Å². The fraction of sp³-hybridized carbons (Fsp3) is 0.545. The molecule has 6 heteroatoms. The number of rotatable bonds is 3. The van der Waals surface area contributed by atoms with E-state index in [1.165, 1.54) is 0 Å². The molecule has 0 unspecified atom stereocenters. The molecule has 2 amide bonds. The maximum Gasteiger partial charge on any atom is 0.318 e. The molecule has 94 valence electrons. The minimum absolute atomic E-state index is 0.0275. The quantitative estimate of drug-likeness (QED) is 0.893. The molecule has 1 aliphatic heterocycles. The van der Waals surface area contributed by atoms with Crippen LogP contribution in [0.25, 0.3) is 0 Å². The van der Waals surface area contributed by atoms with Gasteiger partial charge in [-0.3, -0.25) is 0 Å². The van der Waals surface area contributed by atoms with Gasteiger partial charge in [0.2, 0.25) is 0 Å². The molecule has 0 aliphatic carbocycles. The van der Waals surface area contributed by atoms with Gasteiger partial charge in [0.15, 0.2) is 4.67 Å². The molecule has 2 heterocycles. The predicted molar refractivity (Wildman–Crippen MR) is 65.5 cm³/mol. The van der Waals surface area contributed by atoms with Crippen LogP contribution in [0.15, 0.2) is 21.2 Å². The molecule has 2 N–H and O–H groups in total. The summed E-state index contributed by atoms with van der Waals surface area (Å²) < 4.78 is 5.93. The lowest BCUT2D eigenvalue weighted by atomic mass is 10.2. The summed E-state index contributed by atoms with van der Waals surface area (Å²) >= 11 is 3.20. The highest BCUT2D eigenvalue weighted by Gasteiger charge is 2.27. The molecule has 17 heavy (non-hydrogen) atoms. The van der Waals surface area contributed by atoms with E-state index in [9.17, 15) is 4.79 Å². The number of aliphatic hydroxyl groups is 1. The standard InChI is InChI=1S/C11H15BrN2O3/c12-10-4-3-9(17-10)6-13-11(16)14-5-1-2-8(14)7-15/h3-4,8,15H,1-2,5-7H2,(H,13,16)/t8-/m0/s1. The SMILES string of the molecule is O=C(NCc1ccc(Br)o1)N1CCC[C@H]1CO. The number of likely N-dealkylation sites (tertiary alicyclic amines) is 1. The lowest BCUT2D eigenvalue weighted by Crippen LogP contribution is -2.43. The van der Waals surface area contributed by atoms with Crippen LogP contribution in [0.4, 0.5) is 4.79 Å². The Morgan fingerprint density at radius 2 is 2.47 bits per heavy atom. The van der Waals surface area contributed by atoms with Crippen LogP contribution in [-0.4, -0.2) is 35.2 Å². The molecule has 1 aromatic rings. The Labute approximate surface area is 108 Å². The first-order valence-corrected chi connectivity index (χ1v) is 6.39. The predicted octanol–water partition coefficient (Wildman–Crippen LogP) is 1.71. The Bertz CT molecular complexity index is 394. The number of hydrogen-bond donors (Lipinski definition) is 2. The third-order valence-corrected chi connectivity index (χ3v) is 3.32. The van der Waals surface area contributed by atoms with Gasteiger partial charge in [-0.05, 0) is 40.9 Å². The number of carbonyl (C=O) groups excluding carboxylic acids is 1. The maximum atomic E-state index is 11.8. The second-order valence-electron chi connectivity index (χ2n) is 4.04. The normalized spacial score (nSPS) is 19.6. The minimum atomic E-state index is -0.144. The highest BCUT2D eigenvalue weighted by atomic mass is 79.9. The van der Waals surface area contributed by atoms with Crippen molar-refractivity contribution in [3.8, 4) is 0 Å². The molecule has 1 aromatic heterocycles. The summed E-state index contributed by atoms with van der Waals surface area (Å²) in [6.45, 7) is 1.09. The summed E-state index contributed by atoms with van der Waals surface area (Å²) in [6, 6.07) is 3.40. The van der Waals surface area contributed by atoms with Gasteiger partial charge in [-0.15, -0.1) is 0 Å². The van der Waals surface area contributed by atoms with Crippen LogP contribution >= 0.6 is 15.9 Å². The van der Waals surface area contributed by atoms with E-state index in [1.807, 2.05) is 0 Å². The van der Waals surface area contributed by atoms with Gasteiger partial charge in [0.05, 0.1) is 19.2 Å². The Balaban J connectivity index is 1.84. The fourth-order valence-electron chi connectivity index (χ4n) is 2.00.